The molecule has 0 N–H and O–H groups in total. The molecule has 2 aromatic rings. The quantitative estimate of drug-likeness (QED) is 0.680. The molecule has 0 radical (unpaired) electrons. The van der Waals surface area contributed by atoms with Crippen LogP contribution in [0.15, 0.2) is 28.1 Å². The van der Waals surface area contributed by atoms with Crippen LogP contribution in [0.4, 0.5) is 5.00 Å². The van der Waals surface area contributed by atoms with E-state index in [1.165, 1.54) is 50.9 Å². The standard InChI is InChI=1S/C15H16BrNS2/c16-14-8-6-12(18-14)4-5-13-7-9-15(19-13)17-10-2-1-3-11-17/h4-9H,1-3,10-11H2. The van der Waals surface area contributed by atoms with Gasteiger partial charge >= 0.3 is 0 Å². The maximum atomic E-state index is 3.50. The van der Waals surface area contributed by atoms with Crippen LogP contribution in [0.3, 0.4) is 0 Å². The third kappa shape index (κ3) is 3.50. The maximum Gasteiger partial charge on any atom is 0.0914 e. The first-order chi connectivity index (χ1) is 9.31. The predicted molar refractivity (Wildman–Crippen MR) is 91.3 cm³/mol. The number of thiophene rings is 2. The molecule has 0 amide bonds. The van der Waals surface area contributed by atoms with Gasteiger partial charge in [0.1, 0.15) is 0 Å². The van der Waals surface area contributed by atoms with Crippen LogP contribution in [0.2, 0.25) is 0 Å². The van der Waals surface area contributed by atoms with Crippen molar-refractivity contribution in [3.05, 3.63) is 37.8 Å². The summed E-state index contributed by atoms with van der Waals surface area (Å²) in [7, 11) is 0. The Morgan fingerprint density at radius 1 is 0.895 bits per heavy atom. The summed E-state index contributed by atoms with van der Waals surface area (Å²) in [6.45, 7) is 2.45. The summed E-state index contributed by atoms with van der Waals surface area (Å²) < 4.78 is 1.19. The number of piperidine rings is 1. The van der Waals surface area contributed by atoms with E-state index in [0.29, 0.717) is 0 Å². The normalized spacial score (nSPS) is 16.4. The van der Waals surface area contributed by atoms with E-state index in [4.69, 9.17) is 0 Å². The molecule has 0 aromatic carbocycles. The third-order valence-corrected chi connectivity index (χ3v) is 5.99. The molecule has 4 heteroatoms. The molecule has 19 heavy (non-hydrogen) atoms. The molecule has 100 valence electrons. The van der Waals surface area contributed by atoms with E-state index in [1.54, 1.807) is 11.3 Å². The lowest BCUT2D eigenvalue weighted by atomic mass is 10.1. The largest absolute Gasteiger partial charge is 0.363 e. The van der Waals surface area contributed by atoms with Crippen molar-refractivity contribution in [2.24, 2.45) is 0 Å². The fourth-order valence-corrected chi connectivity index (χ4v) is 4.59. The van der Waals surface area contributed by atoms with Crippen LogP contribution in [-0.2, 0) is 0 Å². The van der Waals surface area contributed by atoms with Crippen LogP contribution in [0, 0.1) is 0 Å². The van der Waals surface area contributed by atoms with Crippen LogP contribution >= 0.6 is 38.6 Å². The fourth-order valence-electron chi connectivity index (χ4n) is 2.30. The van der Waals surface area contributed by atoms with Crippen molar-refractivity contribution in [3.8, 4) is 0 Å². The van der Waals surface area contributed by atoms with Gasteiger partial charge < -0.3 is 4.90 Å². The lowest BCUT2D eigenvalue weighted by molar-refractivity contribution is 0.580. The first-order valence-electron chi connectivity index (χ1n) is 6.59. The second-order valence-electron chi connectivity index (χ2n) is 4.70. The summed E-state index contributed by atoms with van der Waals surface area (Å²) in [5, 5.41) is 1.42. The minimum atomic E-state index is 1.19. The van der Waals surface area contributed by atoms with E-state index in [-0.39, 0.29) is 0 Å². The van der Waals surface area contributed by atoms with Gasteiger partial charge in [-0.15, -0.1) is 22.7 Å². The highest BCUT2D eigenvalue weighted by atomic mass is 79.9. The Morgan fingerprint density at radius 2 is 1.58 bits per heavy atom. The smallest absolute Gasteiger partial charge is 0.0914 e. The van der Waals surface area contributed by atoms with Crippen molar-refractivity contribution in [2.45, 2.75) is 19.3 Å². The molecule has 0 unspecified atom stereocenters. The molecule has 0 aliphatic carbocycles. The number of halogens is 1. The van der Waals surface area contributed by atoms with Gasteiger partial charge in [0.05, 0.1) is 8.79 Å². The summed E-state index contributed by atoms with van der Waals surface area (Å²) in [6.07, 6.45) is 8.48. The van der Waals surface area contributed by atoms with Crippen molar-refractivity contribution < 1.29 is 0 Å². The summed E-state index contributed by atoms with van der Waals surface area (Å²) >= 11 is 7.16. The van der Waals surface area contributed by atoms with E-state index >= 15 is 0 Å². The third-order valence-electron chi connectivity index (χ3n) is 3.29. The Morgan fingerprint density at radius 3 is 2.26 bits per heavy atom. The second kappa shape index (κ2) is 6.25. The van der Waals surface area contributed by atoms with Crippen molar-refractivity contribution >= 4 is 55.8 Å². The van der Waals surface area contributed by atoms with Crippen molar-refractivity contribution in [1.29, 1.82) is 0 Å². The fraction of sp³-hybridized carbons (Fsp3) is 0.333. The van der Waals surface area contributed by atoms with E-state index in [1.807, 2.05) is 11.3 Å². The van der Waals surface area contributed by atoms with Crippen molar-refractivity contribution in [3.63, 3.8) is 0 Å². The molecule has 1 aliphatic rings. The van der Waals surface area contributed by atoms with Gasteiger partial charge in [0.15, 0.2) is 0 Å². The second-order valence-corrected chi connectivity index (χ2v) is 8.29. The minimum Gasteiger partial charge on any atom is -0.363 e. The molecule has 1 fully saturated rings. The molecule has 1 saturated heterocycles. The van der Waals surface area contributed by atoms with Gasteiger partial charge in [0.25, 0.3) is 0 Å². The lowest BCUT2D eigenvalue weighted by Gasteiger charge is -2.27. The SMILES string of the molecule is Brc1ccc(C=Cc2ccc(N3CCCCC3)s2)s1. The van der Waals surface area contributed by atoms with E-state index in [2.05, 4.69) is 57.2 Å². The molecule has 3 heterocycles. The highest BCUT2D eigenvalue weighted by Gasteiger charge is 2.12. The Labute approximate surface area is 130 Å². The average molecular weight is 354 g/mol. The highest BCUT2D eigenvalue weighted by molar-refractivity contribution is 9.11. The first kappa shape index (κ1) is 13.4. The van der Waals surface area contributed by atoms with Crippen LogP contribution in [0.25, 0.3) is 12.2 Å². The molecule has 3 rings (SSSR count). The summed E-state index contributed by atoms with van der Waals surface area (Å²) in [5.41, 5.74) is 0. The molecule has 0 bridgehead atoms. The topological polar surface area (TPSA) is 3.24 Å². The summed E-state index contributed by atoms with van der Waals surface area (Å²) in [4.78, 5) is 5.15. The van der Waals surface area contributed by atoms with Gasteiger partial charge in [-0.05, 0) is 71.6 Å². The summed E-state index contributed by atoms with van der Waals surface area (Å²) in [6, 6.07) is 8.73. The lowest BCUT2D eigenvalue weighted by Crippen LogP contribution is -2.28. The number of nitrogens with zero attached hydrogens (tertiary/aromatic N) is 1. The molecular formula is C15H16BrNS2. The zero-order chi connectivity index (χ0) is 13.1. The number of rotatable bonds is 3. The Hall–Kier alpha value is -0.580. The van der Waals surface area contributed by atoms with Gasteiger partial charge in [-0.1, -0.05) is 0 Å². The highest BCUT2D eigenvalue weighted by Crippen LogP contribution is 2.30. The van der Waals surface area contributed by atoms with Gasteiger partial charge in [-0.2, -0.15) is 0 Å². The Balaban J connectivity index is 1.69. The number of hydrogen-bond acceptors (Lipinski definition) is 3. The monoisotopic (exact) mass is 353 g/mol. The zero-order valence-corrected chi connectivity index (χ0v) is 13.9. The van der Waals surface area contributed by atoms with Crippen LogP contribution in [0.5, 0.6) is 0 Å². The van der Waals surface area contributed by atoms with Gasteiger partial charge in [-0.3, -0.25) is 0 Å². The van der Waals surface area contributed by atoms with E-state index < -0.39 is 0 Å². The average Bonchev–Trinajstić information content (AvgIpc) is 3.06. The number of hydrogen-bond donors (Lipinski definition) is 0. The molecule has 2 aromatic heterocycles. The Kier molecular flexibility index (Phi) is 4.41. The molecule has 0 spiro atoms. The summed E-state index contributed by atoms with van der Waals surface area (Å²) in [5.74, 6) is 0. The van der Waals surface area contributed by atoms with Crippen molar-refractivity contribution in [2.75, 3.05) is 18.0 Å². The van der Waals surface area contributed by atoms with Crippen LogP contribution in [-0.4, -0.2) is 13.1 Å². The maximum absolute atomic E-state index is 3.50. The zero-order valence-electron chi connectivity index (χ0n) is 10.6. The molecule has 1 nitrogen and oxygen atoms in total. The molecule has 1 aliphatic heterocycles. The van der Waals surface area contributed by atoms with Crippen LogP contribution < -0.4 is 4.90 Å². The number of anilines is 1. The molecule has 0 atom stereocenters. The minimum absolute atomic E-state index is 1.19. The van der Waals surface area contributed by atoms with Gasteiger partial charge in [0, 0.05) is 22.8 Å². The van der Waals surface area contributed by atoms with Crippen molar-refractivity contribution in [1.82, 2.24) is 0 Å². The van der Waals surface area contributed by atoms with E-state index in [0.717, 1.165) is 0 Å². The molecule has 0 saturated carbocycles. The van der Waals surface area contributed by atoms with Crippen LogP contribution in [0.1, 0.15) is 29.0 Å². The van der Waals surface area contributed by atoms with E-state index in [9.17, 15) is 0 Å². The van der Waals surface area contributed by atoms with Gasteiger partial charge in [0.2, 0.25) is 0 Å². The first-order valence-corrected chi connectivity index (χ1v) is 9.02. The predicted octanol–water partition coefficient (Wildman–Crippen LogP) is 5.73. The molecular weight excluding hydrogens is 338 g/mol. The van der Waals surface area contributed by atoms with Gasteiger partial charge in [-0.25, -0.2) is 0 Å². The Bertz CT molecular complexity index is 564.